The molecule has 0 saturated carbocycles. The quantitative estimate of drug-likeness (QED) is 0.162. The molecule has 9 rings (SSSR count). The van der Waals surface area contributed by atoms with Crippen molar-refractivity contribution in [2.75, 3.05) is 0 Å². The number of benzene rings is 7. The Morgan fingerprint density at radius 3 is 1.86 bits per heavy atom. The summed E-state index contributed by atoms with van der Waals surface area (Å²) in [5, 5.41) is 13.3. The van der Waals surface area contributed by atoms with E-state index in [1.165, 1.54) is 48.7 Å². The number of hydrogen-bond donors (Lipinski definition) is 1. The molecule has 0 radical (unpaired) electrons. The van der Waals surface area contributed by atoms with Crippen LogP contribution >= 0.6 is 0 Å². The predicted octanol–water partition coefficient (Wildman–Crippen LogP) is 18.7. The Balaban J connectivity index is 0.0000147. The smallest absolute Gasteiger partial charge is 0.148 e. The van der Waals surface area contributed by atoms with Gasteiger partial charge in [-0.2, -0.15) is 0 Å². The fraction of sp³-hybridized carbons (Fsp3) is 0.304. The molecule has 2 aromatic heterocycles. The Morgan fingerprint density at radius 1 is 0.527 bits per heavy atom. The molecule has 382 valence electrons. The zero-order valence-electron chi connectivity index (χ0n) is 75.2. The molecular formula is C69H74N3OPt-. The summed E-state index contributed by atoms with van der Waals surface area (Å²) < 4.78 is 300. The zero-order valence-corrected chi connectivity index (χ0v) is 43.5. The molecule has 0 aliphatic carbocycles. The van der Waals surface area contributed by atoms with E-state index in [2.05, 4.69) is 11.1 Å². The second-order valence-corrected chi connectivity index (χ2v) is 20.3. The summed E-state index contributed by atoms with van der Waals surface area (Å²) in [6.07, 6.45) is 1.19. The third kappa shape index (κ3) is 10.6. The first-order chi connectivity index (χ1) is 48.3. The fourth-order valence-electron chi connectivity index (χ4n) is 8.95. The molecule has 0 amide bonds. The van der Waals surface area contributed by atoms with Gasteiger partial charge in [-0.3, -0.25) is 9.55 Å². The van der Waals surface area contributed by atoms with Gasteiger partial charge in [0.2, 0.25) is 0 Å². The van der Waals surface area contributed by atoms with Gasteiger partial charge >= 0.3 is 0 Å². The Labute approximate surface area is 504 Å². The number of phenols is 1. The van der Waals surface area contributed by atoms with Crippen LogP contribution in [0.15, 0.2) is 152 Å². The van der Waals surface area contributed by atoms with Gasteiger partial charge in [0.25, 0.3) is 0 Å². The Hall–Kier alpha value is -6.35. The number of aryl methyl sites for hydroxylation is 1. The van der Waals surface area contributed by atoms with Crippen LogP contribution in [0.25, 0.3) is 83.9 Å². The maximum absolute atomic E-state index is 13.3. The third-order valence-corrected chi connectivity index (χ3v) is 12.7. The molecule has 1 N–H and O–H groups in total. The Morgan fingerprint density at radius 2 is 1.19 bits per heavy atom. The number of hydrogen-bond acceptors (Lipinski definition) is 3. The first kappa shape index (κ1) is 25.5. The first-order valence-electron chi connectivity index (χ1n) is 40.2. The van der Waals surface area contributed by atoms with Crippen LogP contribution < -0.4 is 0 Å². The van der Waals surface area contributed by atoms with Gasteiger partial charge in [0, 0.05) is 79.6 Å². The largest absolute Gasteiger partial charge is 0.507 e. The van der Waals surface area contributed by atoms with Gasteiger partial charge in [0.15, 0.2) is 0 Å². The molecular weight excluding hydrogens is 1080 g/mol. The zero-order chi connectivity index (χ0) is 81.1. The number of para-hydroxylation sites is 1. The van der Waals surface area contributed by atoms with Crippen molar-refractivity contribution in [3.63, 3.8) is 0 Å². The van der Waals surface area contributed by atoms with Crippen molar-refractivity contribution in [2.45, 2.75) is 137 Å². The topological polar surface area (TPSA) is 50.9 Å². The minimum Gasteiger partial charge on any atom is -0.507 e. The van der Waals surface area contributed by atoms with Crippen LogP contribution in [0.1, 0.15) is 183 Å². The number of imidazole rings is 1. The van der Waals surface area contributed by atoms with Gasteiger partial charge in [-0.25, -0.2) is 4.98 Å². The number of nitrogens with zero attached hydrogens (tertiary/aromatic N) is 3. The SMILES string of the molecule is [2H]c1c([2H])c(C(C([2H])([2H])[2H])(C([2H])([2H])[2H])C([2H])([2H])[2H])c([2H])c([2H])c1-c1ccnc(-c2[c-]c(-c3cccc4c3nc(-c3cc(C(C([2H])([2H])[2H])(C([2H])([2H])[2H])C([2H])([2H])[2H])cc(C(C([2H])([2H])[2H])(C([2H])([2H])[2H])C([2H])([2H])[2H])c3O)n4-c3ccc(-c4c(-c5ccccc5)cccc4C(C)(C)C)cc3C([2H])([2H])[2H])cc(C(C)(C)C)c2)c1.[Pt]. The van der Waals surface area contributed by atoms with E-state index in [-0.39, 0.29) is 71.8 Å². The van der Waals surface area contributed by atoms with E-state index in [0.29, 0.717) is 28.3 Å². The molecule has 9 aromatic rings. The van der Waals surface area contributed by atoms with Crippen molar-refractivity contribution >= 4 is 11.0 Å². The minimum absolute atomic E-state index is 0. The predicted molar refractivity (Wildman–Crippen MR) is 310 cm³/mol. The first-order valence-corrected chi connectivity index (χ1v) is 23.2. The van der Waals surface area contributed by atoms with Crippen molar-refractivity contribution in [1.82, 2.24) is 14.5 Å². The van der Waals surface area contributed by atoms with E-state index in [9.17, 15) is 12.0 Å². The maximum Gasteiger partial charge on any atom is 0.148 e. The number of fused-ring (bicyclic) bond motifs is 1. The summed E-state index contributed by atoms with van der Waals surface area (Å²) in [7, 11) is 0. The van der Waals surface area contributed by atoms with Gasteiger partial charge in [-0.1, -0.05) is 217 Å². The average Bonchev–Trinajstić information content (AvgIpc) is 0.738. The standard InChI is InChI=1S/C69H74N3O.Pt/c1-43-36-47(61-53(45-22-18-17-19-23-45)24-20-26-56(61)68(11,12)13)30-33-59(43)72-60-27-21-25-54(62(60)71-64(72)55-41-52(67(8,9)10)42-57(63(55)73)69(14,15)16)48-37-49(39-51(38-48)66(5,6)7)58-40-46(34-35-70-58)44-28-31-50(32-29-44)65(2,3)4;/h17-36,38-42,73H,1-16H3;/q-1;/i1D3,2D3,3D3,4D3,8D3,9D3,10D3,14D3,15D3,16D3,28D,29D,31D,32D;. The van der Waals surface area contributed by atoms with E-state index < -0.39 is 165 Å². The van der Waals surface area contributed by atoms with Crippen LogP contribution in [-0.4, -0.2) is 19.6 Å². The maximum atomic E-state index is 13.3. The second-order valence-electron chi connectivity index (χ2n) is 20.3. The molecule has 0 saturated heterocycles. The molecule has 7 aromatic carbocycles. The van der Waals surface area contributed by atoms with Crippen molar-refractivity contribution in [3.05, 3.63) is 191 Å². The van der Waals surface area contributed by atoms with E-state index in [4.69, 9.17) is 44.7 Å². The number of pyridine rings is 1. The van der Waals surface area contributed by atoms with Crippen LogP contribution in [0, 0.1) is 12.9 Å². The summed E-state index contributed by atoms with van der Waals surface area (Å²) in [6, 6.07) is 28.4. The van der Waals surface area contributed by atoms with Gasteiger partial charge in [0.1, 0.15) is 11.6 Å². The molecule has 0 aliphatic rings. The minimum atomic E-state index is -4.37. The number of rotatable bonds is 7. The average molecular weight is 1190 g/mol. The van der Waals surface area contributed by atoms with Crippen LogP contribution in [-0.2, 0) is 48.1 Å². The van der Waals surface area contributed by atoms with Crippen molar-refractivity contribution in [1.29, 1.82) is 0 Å². The molecule has 74 heavy (non-hydrogen) atoms. The molecule has 0 bridgehead atoms. The summed E-state index contributed by atoms with van der Waals surface area (Å²) in [5.41, 5.74) is -17.9. The van der Waals surface area contributed by atoms with Gasteiger partial charge in [0.05, 0.1) is 27.8 Å². The number of aromatic hydroxyl groups is 1. The van der Waals surface area contributed by atoms with E-state index in [1.807, 2.05) is 90.1 Å². The molecule has 5 heteroatoms. The molecule has 0 fully saturated rings. The van der Waals surface area contributed by atoms with Crippen molar-refractivity contribution < 1.29 is 72.8 Å². The van der Waals surface area contributed by atoms with E-state index >= 15 is 0 Å². The van der Waals surface area contributed by atoms with Gasteiger partial charge in [-0.05, 0) is 120 Å². The normalized spacial score (nSPS) is 21.0. The summed E-state index contributed by atoms with van der Waals surface area (Å²) >= 11 is 0. The molecule has 0 spiro atoms. The Bertz CT molecular complexity index is 4790. The number of phenolic OH excluding ortho intramolecular Hbond substituents is 1. The van der Waals surface area contributed by atoms with Crippen molar-refractivity contribution in [2.24, 2.45) is 0 Å². The van der Waals surface area contributed by atoms with Crippen LogP contribution in [0.5, 0.6) is 5.75 Å². The molecule has 0 unspecified atom stereocenters. The molecule has 4 nitrogen and oxygen atoms in total. The molecule has 2 heterocycles. The third-order valence-electron chi connectivity index (χ3n) is 12.7. The Kier molecular flexibility index (Phi) is 6.79. The monoisotopic (exact) mass is 1190 g/mol. The fourth-order valence-corrected chi connectivity index (χ4v) is 8.95. The van der Waals surface area contributed by atoms with Crippen molar-refractivity contribution in [3.8, 4) is 78.6 Å². The van der Waals surface area contributed by atoms with Crippen LogP contribution in [0.4, 0.5) is 0 Å². The van der Waals surface area contributed by atoms with Gasteiger partial charge < -0.3 is 5.11 Å². The van der Waals surface area contributed by atoms with E-state index in [1.54, 1.807) is 18.2 Å². The van der Waals surface area contributed by atoms with E-state index in [0.717, 1.165) is 15.7 Å². The summed E-state index contributed by atoms with van der Waals surface area (Å²) in [6.45, 7) is -29.6. The summed E-state index contributed by atoms with van der Waals surface area (Å²) in [4.78, 5) is 9.60. The number of aromatic nitrogens is 3. The van der Waals surface area contributed by atoms with Gasteiger partial charge in [-0.15, -0.1) is 29.3 Å². The molecule has 0 atom stereocenters. The summed E-state index contributed by atoms with van der Waals surface area (Å²) in [5.74, 6) is -2.44. The molecule has 0 aliphatic heterocycles. The second kappa shape index (κ2) is 19.7. The van der Waals surface area contributed by atoms with Crippen LogP contribution in [0.3, 0.4) is 0 Å². The van der Waals surface area contributed by atoms with Crippen LogP contribution in [0.2, 0.25) is 0 Å².